The molecule has 216 valence electrons. The normalized spacial score (nSPS) is 16.1. The number of ether oxygens (including phenoxy) is 3. The van der Waals surface area contributed by atoms with Crippen molar-refractivity contribution in [2.75, 3.05) is 7.11 Å². The van der Waals surface area contributed by atoms with Crippen molar-refractivity contribution in [2.45, 2.75) is 11.8 Å². The van der Waals surface area contributed by atoms with E-state index in [1.807, 2.05) is 30.3 Å². The van der Waals surface area contributed by atoms with Gasteiger partial charge >= 0.3 is 0 Å². The molecule has 2 aromatic heterocycles. The van der Waals surface area contributed by atoms with Gasteiger partial charge in [-0.2, -0.15) is 9.97 Å². The highest BCUT2D eigenvalue weighted by atomic mass is 19.1. The average Bonchev–Trinajstić information content (AvgIpc) is 3.67. The van der Waals surface area contributed by atoms with Crippen molar-refractivity contribution in [3.8, 4) is 51.8 Å². The quantitative estimate of drug-likeness (QED) is 0.200. The summed E-state index contributed by atoms with van der Waals surface area (Å²) in [5.41, 5.74) is 4.60. The molecule has 0 fully saturated rings. The highest BCUT2D eigenvalue weighted by molar-refractivity contribution is 5.82. The maximum absolute atomic E-state index is 13.8. The number of hydrogen-bond donors (Lipinski definition) is 2. The minimum atomic E-state index is -0.467. The largest absolute Gasteiger partial charge is 0.493 e. The minimum Gasteiger partial charge on any atom is -0.493 e. The molecule has 44 heavy (non-hydrogen) atoms. The first kappa shape index (κ1) is 25.9. The van der Waals surface area contributed by atoms with E-state index in [1.165, 1.54) is 24.3 Å². The first-order valence-electron chi connectivity index (χ1n) is 13.8. The van der Waals surface area contributed by atoms with Gasteiger partial charge in [0, 0.05) is 34.1 Å². The van der Waals surface area contributed by atoms with E-state index in [-0.39, 0.29) is 11.6 Å². The van der Waals surface area contributed by atoms with E-state index in [9.17, 15) is 13.6 Å². The summed E-state index contributed by atoms with van der Waals surface area (Å²) in [6.45, 7) is 0. The second-order valence-electron chi connectivity index (χ2n) is 10.5. The predicted molar refractivity (Wildman–Crippen MR) is 157 cm³/mol. The number of imidazole rings is 2. The number of para-hydroxylation sites is 2. The molecule has 0 bridgehead atoms. The number of aromatic amines is 2. The van der Waals surface area contributed by atoms with Crippen molar-refractivity contribution < 1.29 is 27.8 Å². The Morgan fingerprint density at radius 2 is 1.20 bits per heavy atom. The average molecular weight is 589 g/mol. The van der Waals surface area contributed by atoms with Gasteiger partial charge in [-0.3, -0.25) is 4.79 Å². The lowest BCUT2D eigenvalue weighted by Gasteiger charge is -2.34. The zero-order valence-electron chi connectivity index (χ0n) is 23.1. The van der Waals surface area contributed by atoms with Crippen LogP contribution in [-0.4, -0.2) is 33.3 Å². The van der Waals surface area contributed by atoms with Gasteiger partial charge in [0.15, 0.2) is 17.8 Å². The molecular weight excluding hydrogens is 566 g/mol. The smallest absolute Gasteiger partial charge is 0.241 e. The summed E-state index contributed by atoms with van der Waals surface area (Å²) in [5, 5.41) is 0. The van der Waals surface area contributed by atoms with Gasteiger partial charge in [0.1, 0.15) is 29.0 Å². The Kier molecular flexibility index (Phi) is 5.83. The van der Waals surface area contributed by atoms with E-state index in [2.05, 4.69) is 9.97 Å². The Bertz CT molecular complexity index is 2070. The van der Waals surface area contributed by atoms with Gasteiger partial charge < -0.3 is 24.2 Å². The van der Waals surface area contributed by atoms with Crippen molar-refractivity contribution in [2.24, 2.45) is 0 Å². The van der Waals surface area contributed by atoms with E-state index in [1.54, 1.807) is 37.4 Å². The molecule has 8 rings (SSSR count). The lowest BCUT2D eigenvalue weighted by Crippen LogP contribution is -2.23. The van der Waals surface area contributed by atoms with Gasteiger partial charge in [0.05, 0.1) is 24.1 Å². The van der Waals surface area contributed by atoms with Crippen LogP contribution in [0.4, 0.5) is 8.78 Å². The second kappa shape index (κ2) is 9.91. The predicted octanol–water partition coefficient (Wildman–Crippen LogP) is 7.74. The first-order valence-corrected chi connectivity index (χ1v) is 13.8. The Hall–Kier alpha value is -5.77. The lowest BCUT2D eigenvalue weighted by molar-refractivity contribution is 0.112. The summed E-state index contributed by atoms with van der Waals surface area (Å²) < 4.78 is 45.8. The van der Waals surface area contributed by atoms with Crippen molar-refractivity contribution in [1.82, 2.24) is 19.9 Å². The fourth-order valence-corrected chi connectivity index (χ4v) is 6.08. The molecule has 4 heterocycles. The standard InChI is InChI=1S/C34H22F2N4O4/c1-42-24-7-3-6-23-26(28-34(44-30(23)24)40-32(38-28)18-10-14-21(36)15-11-18)25-22-5-2-4-19(16-41)29(22)43-33-27(25)37-31(39-33)17-8-12-20(35)13-9-17/h2-16,25-26H,1H3,(H,37,39)(H,38,40). The number of carbonyl (C=O) groups is 1. The number of nitrogens with zero attached hydrogens (tertiary/aromatic N) is 2. The summed E-state index contributed by atoms with van der Waals surface area (Å²) in [6, 6.07) is 23.1. The summed E-state index contributed by atoms with van der Waals surface area (Å²) in [4.78, 5) is 28.6. The number of halogens is 2. The van der Waals surface area contributed by atoms with Gasteiger partial charge in [-0.05, 0) is 60.7 Å². The van der Waals surface area contributed by atoms with Crippen LogP contribution in [0.15, 0.2) is 84.9 Å². The van der Waals surface area contributed by atoms with Gasteiger partial charge in [-0.15, -0.1) is 0 Å². The molecule has 0 saturated carbocycles. The molecule has 10 heteroatoms. The maximum atomic E-state index is 13.8. The molecule has 4 aromatic carbocycles. The second-order valence-corrected chi connectivity index (χ2v) is 10.5. The minimum absolute atomic E-state index is 0.298. The third-order valence-electron chi connectivity index (χ3n) is 8.08. The highest BCUT2D eigenvalue weighted by Gasteiger charge is 2.44. The SMILES string of the molecule is COc1cccc2c1Oc1nc(-c3ccc(F)cc3)[nH]c1C2C1c2cccc(C=O)c2Oc2nc(-c3ccc(F)cc3)[nH]c21. The monoisotopic (exact) mass is 588 g/mol. The molecule has 6 aromatic rings. The molecular formula is C34H22F2N4O4. The van der Waals surface area contributed by atoms with Crippen LogP contribution in [0.2, 0.25) is 0 Å². The van der Waals surface area contributed by atoms with Gasteiger partial charge in [0.25, 0.3) is 0 Å². The van der Waals surface area contributed by atoms with Crippen molar-refractivity contribution in [3.63, 3.8) is 0 Å². The zero-order chi connectivity index (χ0) is 29.9. The molecule has 2 aliphatic heterocycles. The molecule has 0 saturated heterocycles. The fourth-order valence-electron chi connectivity index (χ4n) is 6.08. The number of benzene rings is 4. The van der Waals surface area contributed by atoms with Crippen LogP contribution in [0.25, 0.3) is 22.8 Å². The lowest BCUT2D eigenvalue weighted by atomic mass is 9.75. The number of H-pyrrole nitrogens is 2. The Balaban J connectivity index is 1.38. The highest BCUT2D eigenvalue weighted by Crippen LogP contribution is 2.58. The Morgan fingerprint density at radius 3 is 1.73 bits per heavy atom. The number of rotatable bonds is 5. The van der Waals surface area contributed by atoms with E-state index < -0.39 is 11.8 Å². The molecule has 0 amide bonds. The molecule has 2 unspecified atom stereocenters. The fraction of sp³-hybridized carbons (Fsp3) is 0.0882. The van der Waals surface area contributed by atoms with Crippen LogP contribution in [0.3, 0.4) is 0 Å². The van der Waals surface area contributed by atoms with E-state index in [0.717, 1.165) is 17.4 Å². The van der Waals surface area contributed by atoms with Crippen LogP contribution in [0, 0.1) is 11.6 Å². The third kappa shape index (κ3) is 3.98. The van der Waals surface area contributed by atoms with Crippen LogP contribution < -0.4 is 14.2 Å². The molecule has 2 aliphatic rings. The number of methoxy groups -OCH3 is 1. The van der Waals surface area contributed by atoms with E-state index in [4.69, 9.17) is 24.2 Å². The summed E-state index contributed by atoms with van der Waals surface area (Å²) >= 11 is 0. The molecule has 0 spiro atoms. The van der Waals surface area contributed by atoms with Crippen LogP contribution in [0.5, 0.6) is 29.0 Å². The van der Waals surface area contributed by atoms with Crippen molar-refractivity contribution in [1.29, 1.82) is 0 Å². The maximum Gasteiger partial charge on any atom is 0.241 e. The molecule has 8 nitrogen and oxygen atoms in total. The zero-order valence-corrected chi connectivity index (χ0v) is 23.1. The van der Waals surface area contributed by atoms with E-state index in [0.29, 0.717) is 68.7 Å². The Labute approximate surface area is 249 Å². The molecule has 2 N–H and O–H groups in total. The number of aldehydes is 1. The molecule has 0 radical (unpaired) electrons. The van der Waals surface area contributed by atoms with Crippen LogP contribution in [0.1, 0.15) is 44.7 Å². The van der Waals surface area contributed by atoms with Gasteiger partial charge in [-0.1, -0.05) is 24.3 Å². The van der Waals surface area contributed by atoms with Gasteiger partial charge in [0.2, 0.25) is 11.8 Å². The Morgan fingerprint density at radius 1 is 0.705 bits per heavy atom. The van der Waals surface area contributed by atoms with Crippen molar-refractivity contribution in [3.05, 3.63) is 125 Å². The van der Waals surface area contributed by atoms with Crippen molar-refractivity contribution >= 4 is 6.29 Å². The number of hydrogen-bond acceptors (Lipinski definition) is 6. The van der Waals surface area contributed by atoms with Crippen LogP contribution >= 0.6 is 0 Å². The molecule has 2 atom stereocenters. The van der Waals surface area contributed by atoms with Crippen LogP contribution in [-0.2, 0) is 0 Å². The summed E-state index contributed by atoms with van der Waals surface area (Å²) in [5.74, 6) is 1.40. The topological polar surface area (TPSA) is 102 Å². The number of aromatic nitrogens is 4. The first-order chi connectivity index (χ1) is 21.5. The summed E-state index contributed by atoms with van der Waals surface area (Å²) in [6.07, 6.45) is 0.754. The van der Waals surface area contributed by atoms with Gasteiger partial charge in [-0.25, -0.2) is 8.78 Å². The number of fused-ring (bicyclic) bond motifs is 4. The number of nitrogens with one attached hydrogen (secondary N) is 2. The third-order valence-corrected chi connectivity index (χ3v) is 8.08. The number of carbonyl (C=O) groups excluding carboxylic acids is 1. The summed E-state index contributed by atoms with van der Waals surface area (Å²) in [7, 11) is 1.57. The van der Waals surface area contributed by atoms with E-state index >= 15 is 0 Å². The molecule has 0 aliphatic carbocycles.